The molecule has 0 aliphatic carbocycles. The van der Waals surface area contributed by atoms with E-state index < -0.39 is 0 Å². The minimum Gasteiger partial charge on any atom is -0.493 e. The van der Waals surface area contributed by atoms with E-state index in [4.69, 9.17) is 4.74 Å². The summed E-state index contributed by atoms with van der Waals surface area (Å²) in [5, 5.41) is 0. The number of hydrogen-bond donors (Lipinski definition) is 0. The zero-order valence-corrected chi connectivity index (χ0v) is 10.4. The van der Waals surface area contributed by atoms with Gasteiger partial charge in [-0.15, -0.1) is 0 Å². The molecule has 0 amide bonds. The van der Waals surface area contributed by atoms with Crippen LogP contribution in [0.1, 0.15) is 31.4 Å². The van der Waals surface area contributed by atoms with Gasteiger partial charge in [0.2, 0.25) is 0 Å². The fourth-order valence-corrected chi connectivity index (χ4v) is 1.56. The Morgan fingerprint density at radius 3 is 2.62 bits per heavy atom. The zero-order valence-electron chi connectivity index (χ0n) is 10.4. The second kappa shape index (κ2) is 6.51. The number of alkyl halides is 1. The minimum atomic E-state index is -0.245. The third kappa shape index (κ3) is 4.21. The largest absolute Gasteiger partial charge is 0.493 e. The van der Waals surface area contributed by atoms with Gasteiger partial charge in [0.25, 0.3) is 0 Å². The Morgan fingerprint density at radius 2 is 2.06 bits per heavy atom. The van der Waals surface area contributed by atoms with Crippen LogP contribution in [-0.2, 0) is 6.42 Å². The van der Waals surface area contributed by atoms with Gasteiger partial charge in [0.1, 0.15) is 5.75 Å². The average Bonchev–Trinajstić information content (AvgIpc) is 2.25. The lowest BCUT2D eigenvalue weighted by molar-refractivity contribution is 0.271. The molecule has 0 aliphatic rings. The van der Waals surface area contributed by atoms with Crippen molar-refractivity contribution in [3.8, 4) is 5.75 Å². The van der Waals surface area contributed by atoms with Crippen molar-refractivity contribution in [3.63, 3.8) is 0 Å². The lowest BCUT2D eigenvalue weighted by Crippen LogP contribution is -2.04. The lowest BCUT2D eigenvalue weighted by Gasteiger charge is -2.11. The number of ether oxygens (including phenoxy) is 1. The number of benzene rings is 1. The molecular weight excluding hydrogens is 203 g/mol. The van der Waals surface area contributed by atoms with Crippen molar-refractivity contribution in [1.29, 1.82) is 0 Å². The molecule has 0 spiro atoms. The van der Waals surface area contributed by atoms with Crippen LogP contribution in [0.2, 0.25) is 0 Å². The average molecular weight is 224 g/mol. The second-order valence-corrected chi connectivity index (χ2v) is 4.59. The van der Waals surface area contributed by atoms with Crippen LogP contribution in [-0.4, -0.2) is 13.3 Å². The summed E-state index contributed by atoms with van der Waals surface area (Å²) in [6.45, 7) is 6.80. The molecule has 0 bridgehead atoms. The van der Waals surface area contributed by atoms with Crippen molar-refractivity contribution in [1.82, 2.24) is 0 Å². The maximum Gasteiger partial charge on any atom is 0.119 e. The van der Waals surface area contributed by atoms with Gasteiger partial charge < -0.3 is 4.74 Å². The van der Waals surface area contributed by atoms with Crippen LogP contribution in [0.3, 0.4) is 0 Å². The van der Waals surface area contributed by atoms with Crippen LogP contribution in [0, 0.1) is 12.8 Å². The molecule has 0 saturated heterocycles. The smallest absolute Gasteiger partial charge is 0.119 e. The molecule has 0 unspecified atom stereocenters. The molecule has 2 heteroatoms. The monoisotopic (exact) mass is 224 g/mol. The number of hydrogen-bond acceptors (Lipinski definition) is 1. The van der Waals surface area contributed by atoms with Crippen molar-refractivity contribution < 1.29 is 9.13 Å². The summed E-state index contributed by atoms with van der Waals surface area (Å²) in [5.41, 5.74) is 2.41. The van der Waals surface area contributed by atoms with Crippen LogP contribution in [0.5, 0.6) is 5.75 Å². The van der Waals surface area contributed by atoms with Gasteiger partial charge >= 0.3 is 0 Å². The van der Waals surface area contributed by atoms with E-state index in [1.54, 1.807) is 0 Å². The van der Waals surface area contributed by atoms with E-state index in [0.29, 0.717) is 12.3 Å². The minimum absolute atomic E-state index is 0.245. The molecule has 0 aliphatic heterocycles. The van der Waals surface area contributed by atoms with E-state index >= 15 is 0 Å². The van der Waals surface area contributed by atoms with Gasteiger partial charge in [-0.3, -0.25) is 4.39 Å². The molecule has 16 heavy (non-hydrogen) atoms. The maximum atomic E-state index is 12.1. The molecular formula is C14H21FO. The molecule has 1 rings (SSSR count). The Labute approximate surface area is 97.6 Å². The molecule has 0 atom stereocenters. The Bertz CT molecular complexity index is 321. The van der Waals surface area contributed by atoms with E-state index in [2.05, 4.69) is 20.8 Å². The van der Waals surface area contributed by atoms with Crippen molar-refractivity contribution >= 4 is 0 Å². The first kappa shape index (κ1) is 13.0. The zero-order chi connectivity index (χ0) is 12.0. The van der Waals surface area contributed by atoms with E-state index in [-0.39, 0.29) is 6.67 Å². The molecule has 0 radical (unpaired) electrons. The van der Waals surface area contributed by atoms with Crippen molar-refractivity contribution in [3.05, 3.63) is 29.3 Å². The predicted octanol–water partition coefficient (Wildman–Crippen LogP) is 3.93. The summed E-state index contributed by atoms with van der Waals surface area (Å²) in [5.74, 6) is 1.45. The first-order valence-electron chi connectivity index (χ1n) is 5.91. The molecule has 0 fully saturated rings. The molecule has 0 saturated carbocycles. The molecule has 1 aromatic rings. The third-order valence-corrected chi connectivity index (χ3v) is 2.48. The Kier molecular flexibility index (Phi) is 5.30. The molecule has 0 N–H and O–H groups in total. The van der Waals surface area contributed by atoms with Crippen LogP contribution in [0.25, 0.3) is 0 Å². The number of aryl methyl sites for hydroxylation is 2. The SMILES string of the molecule is Cc1cc(OCC(C)C)ccc1CCCF. The fraction of sp³-hybridized carbons (Fsp3) is 0.571. The standard InChI is InChI=1S/C14H21FO/c1-11(2)10-16-14-7-6-13(5-4-8-15)12(3)9-14/h6-7,9,11H,4-5,8,10H2,1-3H3. The topological polar surface area (TPSA) is 9.23 Å². The summed E-state index contributed by atoms with van der Waals surface area (Å²) >= 11 is 0. The van der Waals surface area contributed by atoms with E-state index in [0.717, 1.165) is 18.8 Å². The first-order valence-corrected chi connectivity index (χ1v) is 5.91. The Morgan fingerprint density at radius 1 is 1.31 bits per heavy atom. The van der Waals surface area contributed by atoms with Gasteiger partial charge in [0, 0.05) is 0 Å². The van der Waals surface area contributed by atoms with Crippen molar-refractivity contribution in [2.24, 2.45) is 5.92 Å². The van der Waals surface area contributed by atoms with Gasteiger partial charge in [-0.1, -0.05) is 19.9 Å². The van der Waals surface area contributed by atoms with E-state index in [9.17, 15) is 4.39 Å². The quantitative estimate of drug-likeness (QED) is 0.711. The van der Waals surface area contributed by atoms with Gasteiger partial charge in [0.05, 0.1) is 13.3 Å². The highest BCUT2D eigenvalue weighted by atomic mass is 19.1. The molecule has 90 valence electrons. The van der Waals surface area contributed by atoms with Gasteiger partial charge in [-0.25, -0.2) is 0 Å². The Balaban J connectivity index is 2.59. The molecule has 1 nitrogen and oxygen atoms in total. The highest BCUT2D eigenvalue weighted by Gasteiger charge is 2.02. The normalized spacial score (nSPS) is 10.8. The summed E-state index contributed by atoms with van der Waals surface area (Å²) in [4.78, 5) is 0. The first-order chi connectivity index (χ1) is 7.63. The highest BCUT2D eigenvalue weighted by molar-refractivity contribution is 5.34. The second-order valence-electron chi connectivity index (χ2n) is 4.59. The molecule has 0 heterocycles. The van der Waals surface area contributed by atoms with E-state index in [1.807, 2.05) is 18.2 Å². The summed E-state index contributed by atoms with van der Waals surface area (Å²) in [6, 6.07) is 6.06. The molecule has 0 aromatic heterocycles. The lowest BCUT2D eigenvalue weighted by atomic mass is 10.0. The van der Waals surface area contributed by atoms with Crippen LogP contribution in [0.4, 0.5) is 4.39 Å². The van der Waals surface area contributed by atoms with Gasteiger partial charge in [-0.05, 0) is 48.9 Å². The van der Waals surface area contributed by atoms with Crippen molar-refractivity contribution in [2.75, 3.05) is 13.3 Å². The van der Waals surface area contributed by atoms with Crippen molar-refractivity contribution in [2.45, 2.75) is 33.6 Å². The van der Waals surface area contributed by atoms with Gasteiger partial charge in [0.15, 0.2) is 0 Å². The molecule has 1 aromatic carbocycles. The summed E-state index contributed by atoms with van der Waals surface area (Å²) in [6.07, 6.45) is 1.42. The predicted molar refractivity (Wildman–Crippen MR) is 65.8 cm³/mol. The van der Waals surface area contributed by atoms with Crippen LogP contribution in [0.15, 0.2) is 18.2 Å². The summed E-state index contributed by atoms with van der Waals surface area (Å²) < 4.78 is 17.7. The van der Waals surface area contributed by atoms with Crippen LogP contribution >= 0.6 is 0 Å². The van der Waals surface area contributed by atoms with Gasteiger partial charge in [-0.2, -0.15) is 0 Å². The Hall–Kier alpha value is -1.05. The number of halogens is 1. The fourth-order valence-electron chi connectivity index (χ4n) is 1.56. The maximum absolute atomic E-state index is 12.1. The van der Waals surface area contributed by atoms with Crippen LogP contribution < -0.4 is 4.74 Å². The number of rotatable bonds is 6. The highest BCUT2D eigenvalue weighted by Crippen LogP contribution is 2.19. The summed E-state index contributed by atoms with van der Waals surface area (Å²) in [7, 11) is 0. The van der Waals surface area contributed by atoms with E-state index in [1.165, 1.54) is 11.1 Å². The third-order valence-electron chi connectivity index (χ3n) is 2.48.